The van der Waals surface area contributed by atoms with Crippen molar-refractivity contribution in [1.82, 2.24) is 0 Å². The van der Waals surface area contributed by atoms with Crippen molar-refractivity contribution in [1.29, 1.82) is 5.26 Å². The number of nitriles is 1. The lowest BCUT2D eigenvalue weighted by Crippen LogP contribution is -1.72. The van der Waals surface area contributed by atoms with E-state index in [1.807, 2.05) is 17.6 Å². The molecule has 0 aromatic carbocycles. The van der Waals surface area contributed by atoms with Crippen LogP contribution in [0.15, 0.2) is 22.5 Å². The quantitative estimate of drug-likeness (QED) is 0.492. The number of rotatable bonds is 0. The molecule has 2 heteroatoms. The van der Waals surface area contributed by atoms with Gasteiger partial charge in [0.15, 0.2) is 0 Å². The first-order chi connectivity index (χ1) is 3.93. The van der Waals surface area contributed by atoms with E-state index in [9.17, 15) is 0 Å². The zero-order valence-electron chi connectivity index (χ0n) is 4.29. The van der Waals surface area contributed by atoms with Crippen LogP contribution in [0.2, 0.25) is 0 Å². The molecule has 8 heavy (non-hydrogen) atoms. The van der Waals surface area contributed by atoms with Crippen LogP contribution in [-0.2, 0) is 0 Å². The number of allylic oxidation sites excluding steroid dienone is 3. The second-order valence-electron chi connectivity index (χ2n) is 1.41. The first-order valence-corrected chi connectivity index (χ1v) is 3.23. The molecule has 0 saturated carbocycles. The molecule has 40 valence electrons. The molecular formula is C6H5NS. The molecule has 0 atom stereocenters. The van der Waals surface area contributed by atoms with Gasteiger partial charge in [0.25, 0.3) is 0 Å². The standard InChI is InChI=1S/C6H5NS/c7-5-6-3-1-2-4-8-6/h2-4H,1H2. The van der Waals surface area contributed by atoms with Gasteiger partial charge in [-0.3, -0.25) is 0 Å². The minimum atomic E-state index is 0.813. The fraction of sp³-hybridized carbons (Fsp3) is 0.167. The first kappa shape index (κ1) is 5.46. The van der Waals surface area contributed by atoms with E-state index in [0.717, 1.165) is 11.3 Å². The molecule has 0 aromatic rings. The van der Waals surface area contributed by atoms with Crippen molar-refractivity contribution in [3.63, 3.8) is 0 Å². The highest BCUT2D eigenvalue weighted by Gasteiger charge is 1.94. The molecule has 0 N–H and O–H groups in total. The van der Waals surface area contributed by atoms with Crippen molar-refractivity contribution in [2.45, 2.75) is 6.42 Å². The van der Waals surface area contributed by atoms with Gasteiger partial charge in [-0.25, -0.2) is 0 Å². The van der Waals surface area contributed by atoms with E-state index in [0.29, 0.717) is 0 Å². The summed E-state index contributed by atoms with van der Waals surface area (Å²) in [6, 6.07) is 2.08. The minimum Gasteiger partial charge on any atom is -0.192 e. The van der Waals surface area contributed by atoms with Gasteiger partial charge in [-0.05, 0) is 11.8 Å². The lowest BCUT2D eigenvalue weighted by molar-refractivity contribution is 1.38. The predicted octanol–water partition coefficient (Wildman–Crippen LogP) is 2.04. The second-order valence-corrected chi connectivity index (χ2v) is 2.35. The van der Waals surface area contributed by atoms with Crippen LogP contribution in [0.5, 0.6) is 0 Å². The largest absolute Gasteiger partial charge is 0.192 e. The molecule has 0 spiro atoms. The molecule has 1 heterocycles. The maximum atomic E-state index is 8.32. The normalized spacial score (nSPS) is 17.1. The summed E-state index contributed by atoms with van der Waals surface area (Å²) in [6.07, 6.45) is 4.87. The SMILES string of the molecule is N#CC1=CCC=CS1. The van der Waals surface area contributed by atoms with Crippen LogP contribution in [0.4, 0.5) is 0 Å². The smallest absolute Gasteiger partial charge is 0.106 e. The number of hydrogen-bond donors (Lipinski definition) is 0. The molecule has 1 nitrogen and oxygen atoms in total. The Morgan fingerprint density at radius 2 is 2.62 bits per heavy atom. The molecule has 0 aliphatic carbocycles. The summed E-state index contributed by atoms with van der Waals surface area (Å²) in [4.78, 5) is 0.813. The van der Waals surface area contributed by atoms with E-state index in [2.05, 4.69) is 6.07 Å². The Bertz CT molecular complexity index is 173. The maximum absolute atomic E-state index is 8.32. The van der Waals surface area contributed by atoms with Crippen molar-refractivity contribution in [2.75, 3.05) is 0 Å². The lowest BCUT2D eigenvalue weighted by atomic mass is 10.4. The summed E-state index contributed by atoms with van der Waals surface area (Å²) >= 11 is 1.48. The number of thioether (sulfide) groups is 1. The zero-order chi connectivity index (χ0) is 5.82. The van der Waals surface area contributed by atoms with Gasteiger partial charge in [-0.2, -0.15) is 5.26 Å². The van der Waals surface area contributed by atoms with E-state index in [1.165, 1.54) is 11.8 Å². The van der Waals surface area contributed by atoms with Crippen LogP contribution >= 0.6 is 11.8 Å². The van der Waals surface area contributed by atoms with Gasteiger partial charge >= 0.3 is 0 Å². The second kappa shape index (κ2) is 2.58. The summed E-state index contributed by atoms with van der Waals surface area (Å²) in [5, 5.41) is 10.3. The third-order valence-electron chi connectivity index (χ3n) is 0.841. The maximum Gasteiger partial charge on any atom is 0.106 e. The van der Waals surface area contributed by atoms with Gasteiger partial charge in [-0.15, -0.1) is 0 Å². The molecule has 0 bridgehead atoms. The van der Waals surface area contributed by atoms with Gasteiger partial charge in [0, 0.05) is 0 Å². The zero-order valence-corrected chi connectivity index (χ0v) is 5.11. The summed E-state index contributed by atoms with van der Waals surface area (Å²) in [5.41, 5.74) is 0. The van der Waals surface area contributed by atoms with E-state index in [1.54, 1.807) is 0 Å². The van der Waals surface area contributed by atoms with Crippen molar-refractivity contribution in [3.8, 4) is 6.07 Å². The minimum absolute atomic E-state index is 0.813. The van der Waals surface area contributed by atoms with Crippen LogP contribution in [0.3, 0.4) is 0 Å². The van der Waals surface area contributed by atoms with Gasteiger partial charge in [-0.1, -0.05) is 23.9 Å². The molecule has 1 rings (SSSR count). The van der Waals surface area contributed by atoms with E-state index >= 15 is 0 Å². The summed E-state index contributed by atoms with van der Waals surface area (Å²) in [5.74, 6) is 0. The molecular weight excluding hydrogens is 118 g/mol. The Balaban J connectivity index is 2.59. The van der Waals surface area contributed by atoms with E-state index in [4.69, 9.17) is 5.26 Å². The lowest BCUT2D eigenvalue weighted by Gasteiger charge is -1.94. The van der Waals surface area contributed by atoms with Gasteiger partial charge in [0.05, 0.1) is 4.91 Å². The van der Waals surface area contributed by atoms with Gasteiger partial charge in [0.2, 0.25) is 0 Å². The van der Waals surface area contributed by atoms with Crippen molar-refractivity contribution in [3.05, 3.63) is 22.5 Å². The Morgan fingerprint density at radius 1 is 1.75 bits per heavy atom. The Labute approximate surface area is 52.7 Å². The Morgan fingerprint density at radius 3 is 3.00 bits per heavy atom. The average molecular weight is 123 g/mol. The summed E-state index contributed by atoms with van der Waals surface area (Å²) < 4.78 is 0. The summed E-state index contributed by atoms with van der Waals surface area (Å²) in [6.45, 7) is 0. The van der Waals surface area contributed by atoms with Crippen LogP contribution < -0.4 is 0 Å². The molecule has 1 aliphatic rings. The molecule has 0 aromatic heterocycles. The molecule has 0 unspecified atom stereocenters. The Kier molecular flexibility index (Phi) is 1.76. The predicted molar refractivity (Wildman–Crippen MR) is 35.0 cm³/mol. The fourth-order valence-corrected chi connectivity index (χ4v) is 1.07. The highest BCUT2D eigenvalue weighted by Crippen LogP contribution is 2.20. The third kappa shape index (κ3) is 1.14. The van der Waals surface area contributed by atoms with Crippen LogP contribution in [-0.4, -0.2) is 0 Å². The molecule has 0 amide bonds. The summed E-state index contributed by atoms with van der Waals surface area (Å²) in [7, 11) is 0. The number of hydrogen-bond acceptors (Lipinski definition) is 2. The van der Waals surface area contributed by atoms with E-state index in [-0.39, 0.29) is 0 Å². The van der Waals surface area contributed by atoms with Gasteiger partial charge in [0.1, 0.15) is 6.07 Å². The topological polar surface area (TPSA) is 23.8 Å². The monoisotopic (exact) mass is 123 g/mol. The van der Waals surface area contributed by atoms with Crippen molar-refractivity contribution >= 4 is 11.8 Å². The average Bonchev–Trinajstić information content (AvgIpc) is 1.90. The van der Waals surface area contributed by atoms with Crippen molar-refractivity contribution in [2.24, 2.45) is 0 Å². The third-order valence-corrected chi connectivity index (χ3v) is 1.68. The molecule has 0 saturated heterocycles. The Hall–Kier alpha value is -0.680. The fourth-order valence-electron chi connectivity index (χ4n) is 0.472. The van der Waals surface area contributed by atoms with Crippen LogP contribution in [0, 0.1) is 11.3 Å². The van der Waals surface area contributed by atoms with Crippen molar-refractivity contribution < 1.29 is 0 Å². The number of nitrogens with zero attached hydrogens (tertiary/aromatic N) is 1. The highest BCUT2D eigenvalue weighted by molar-refractivity contribution is 8.06. The van der Waals surface area contributed by atoms with Gasteiger partial charge < -0.3 is 0 Å². The highest BCUT2D eigenvalue weighted by atomic mass is 32.2. The van der Waals surface area contributed by atoms with Crippen LogP contribution in [0.1, 0.15) is 6.42 Å². The first-order valence-electron chi connectivity index (χ1n) is 2.35. The molecule has 1 aliphatic heterocycles. The molecule has 0 radical (unpaired) electrons. The van der Waals surface area contributed by atoms with Crippen LogP contribution in [0.25, 0.3) is 0 Å². The molecule has 0 fully saturated rings. The van der Waals surface area contributed by atoms with E-state index < -0.39 is 0 Å².